The standard InChI is InChI=1S/C22H12.3C12H12O2/c1-3-13-7-9-15-11-12-16-10-8-14-4-2-6-18-17(5-1)19(13)21(15)22(16)20(14)18;3*1-8(13)9-2-3-11-7-12(14)5-4-10(11)6-9/h1-12H;3*2-8,13-14H,1H3. The topological polar surface area (TPSA) is 121 Å². The van der Waals surface area contributed by atoms with E-state index in [0.29, 0.717) is 0 Å². The molecule has 0 radical (unpaired) electrons. The second-order valence-electron chi connectivity index (χ2n) is 16.6. The fourth-order valence-corrected chi connectivity index (χ4v) is 8.77. The minimum atomic E-state index is -0.451. The fraction of sp³-hybridized carbons (Fsp3) is 0.103. The Kier molecular flexibility index (Phi) is 11.3. The van der Waals surface area contributed by atoms with Crippen LogP contribution in [0.1, 0.15) is 55.8 Å². The molecule has 12 rings (SSSR count). The summed E-state index contributed by atoms with van der Waals surface area (Å²) in [5, 5.41) is 75.8. The number of phenols is 3. The summed E-state index contributed by atoms with van der Waals surface area (Å²) >= 11 is 0. The van der Waals surface area contributed by atoms with Crippen LogP contribution in [0.3, 0.4) is 0 Å². The van der Waals surface area contributed by atoms with Gasteiger partial charge in [-0.1, -0.05) is 127 Å². The first kappa shape index (κ1) is 41.9. The lowest BCUT2D eigenvalue weighted by Crippen LogP contribution is -1.89. The summed E-state index contributed by atoms with van der Waals surface area (Å²) < 4.78 is 0. The number of rotatable bonds is 3. The van der Waals surface area contributed by atoms with E-state index in [1.165, 1.54) is 53.9 Å². The molecule has 0 spiro atoms. The average Bonchev–Trinajstić information content (AvgIpc) is 3.30. The maximum atomic E-state index is 9.39. The number of hydrogen-bond donors (Lipinski definition) is 6. The monoisotopic (exact) mass is 840 g/mol. The van der Waals surface area contributed by atoms with Crippen molar-refractivity contribution in [1.29, 1.82) is 0 Å². The molecule has 0 aliphatic heterocycles. The van der Waals surface area contributed by atoms with Gasteiger partial charge >= 0.3 is 0 Å². The van der Waals surface area contributed by atoms with Gasteiger partial charge in [-0.2, -0.15) is 0 Å². The van der Waals surface area contributed by atoms with E-state index in [2.05, 4.69) is 72.8 Å². The van der Waals surface area contributed by atoms with Crippen molar-refractivity contribution in [3.05, 3.63) is 199 Å². The Hall–Kier alpha value is -7.48. The predicted molar refractivity (Wildman–Crippen MR) is 265 cm³/mol. The average molecular weight is 841 g/mol. The summed E-state index contributed by atoms with van der Waals surface area (Å²) in [6, 6.07) is 59.6. The number of hydrogen-bond acceptors (Lipinski definition) is 6. The third-order valence-electron chi connectivity index (χ3n) is 12.1. The van der Waals surface area contributed by atoms with E-state index in [1.54, 1.807) is 57.2 Å². The minimum absolute atomic E-state index is 0.266. The van der Waals surface area contributed by atoms with Crippen LogP contribution >= 0.6 is 0 Å². The van der Waals surface area contributed by atoms with Crippen molar-refractivity contribution < 1.29 is 30.6 Å². The third-order valence-corrected chi connectivity index (χ3v) is 12.1. The maximum Gasteiger partial charge on any atom is 0.116 e. The van der Waals surface area contributed by atoms with E-state index in [1.807, 2.05) is 72.8 Å². The molecule has 6 N–H and O–H groups in total. The first-order chi connectivity index (χ1) is 30.9. The van der Waals surface area contributed by atoms with Gasteiger partial charge in [-0.3, -0.25) is 0 Å². The van der Waals surface area contributed by atoms with Crippen molar-refractivity contribution >= 4 is 86.2 Å². The van der Waals surface area contributed by atoms with E-state index in [9.17, 15) is 30.6 Å². The number of aromatic hydroxyl groups is 3. The van der Waals surface area contributed by atoms with Crippen LogP contribution in [0, 0.1) is 0 Å². The molecular formula is C58H48O6. The molecular weight excluding hydrogens is 793 g/mol. The zero-order chi connectivity index (χ0) is 44.6. The van der Waals surface area contributed by atoms with Gasteiger partial charge < -0.3 is 30.6 Å². The van der Waals surface area contributed by atoms with Gasteiger partial charge in [0, 0.05) is 0 Å². The summed E-state index contributed by atoms with van der Waals surface area (Å²) in [5.74, 6) is 0.798. The van der Waals surface area contributed by atoms with Crippen molar-refractivity contribution in [3.8, 4) is 17.2 Å². The number of phenolic OH excluding ortho intramolecular Hbond substituents is 3. The SMILES string of the molecule is CC(O)c1ccc2cc(O)ccc2c1.CC(O)c1ccc2cc(O)ccc2c1.CC(O)c1ccc2cc(O)ccc2c1.c1cc2ccc3ccc4ccc5cccc6c(c1)c2c3c4c56. The van der Waals surface area contributed by atoms with Gasteiger partial charge in [0.05, 0.1) is 18.3 Å². The minimum Gasteiger partial charge on any atom is -0.508 e. The van der Waals surface area contributed by atoms with E-state index < -0.39 is 18.3 Å². The molecule has 0 amide bonds. The van der Waals surface area contributed by atoms with Crippen molar-refractivity contribution in [3.63, 3.8) is 0 Å². The van der Waals surface area contributed by atoms with Gasteiger partial charge in [0.1, 0.15) is 17.2 Å². The Balaban J connectivity index is 0.000000111. The fourth-order valence-electron chi connectivity index (χ4n) is 8.77. The Bertz CT molecular complexity index is 3260. The van der Waals surface area contributed by atoms with Gasteiger partial charge in [0.25, 0.3) is 0 Å². The number of benzene rings is 12. The lowest BCUT2D eigenvalue weighted by molar-refractivity contribution is 0.199. The predicted octanol–water partition coefficient (Wildman–Crippen LogP) is 14.1. The largest absolute Gasteiger partial charge is 0.508 e. The summed E-state index contributed by atoms with van der Waals surface area (Å²) in [6.45, 7) is 5.21. The first-order valence-electron chi connectivity index (χ1n) is 21.4. The van der Waals surface area contributed by atoms with Crippen LogP contribution in [-0.2, 0) is 0 Å². The zero-order valence-electron chi connectivity index (χ0n) is 35.7. The van der Waals surface area contributed by atoms with Crippen LogP contribution in [0.2, 0.25) is 0 Å². The highest BCUT2D eigenvalue weighted by Crippen LogP contribution is 2.44. The first-order valence-corrected chi connectivity index (χ1v) is 21.4. The summed E-state index contributed by atoms with van der Waals surface area (Å²) in [4.78, 5) is 0. The van der Waals surface area contributed by atoms with Gasteiger partial charge in [-0.25, -0.2) is 0 Å². The molecule has 12 aromatic rings. The molecule has 316 valence electrons. The summed E-state index contributed by atoms with van der Waals surface area (Å²) in [6.07, 6.45) is -1.35. The molecule has 0 fully saturated rings. The van der Waals surface area contributed by atoms with Crippen LogP contribution in [-0.4, -0.2) is 30.6 Å². The number of fused-ring (bicyclic) bond motifs is 4. The molecule has 64 heavy (non-hydrogen) atoms. The molecule has 6 heteroatoms. The molecule has 0 heterocycles. The molecule has 0 saturated heterocycles. The normalized spacial score (nSPS) is 12.8. The highest BCUT2D eigenvalue weighted by molar-refractivity contribution is 6.39. The molecule has 0 bridgehead atoms. The van der Waals surface area contributed by atoms with E-state index in [4.69, 9.17) is 0 Å². The van der Waals surface area contributed by atoms with Crippen LogP contribution in [0.5, 0.6) is 17.2 Å². The van der Waals surface area contributed by atoms with Gasteiger partial charge in [0.15, 0.2) is 0 Å². The molecule has 12 aromatic carbocycles. The second kappa shape index (κ2) is 17.4. The van der Waals surface area contributed by atoms with Crippen LogP contribution in [0.25, 0.3) is 86.2 Å². The van der Waals surface area contributed by atoms with E-state index in [-0.39, 0.29) is 17.2 Å². The lowest BCUT2D eigenvalue weighted by atomic mass is 9.86. The lowest BCUT2D eigenvalue weighted by Gasteiger charge is -2.17. The molecule has 0 saturated carbocycles. The van der Waals surface area contributed by atoms with Crippen molar-refractivity contribution in [2.75, 3.05) is 0 Å². The Morgan fingerprint density at radius 3 is 0.812 bits per heavy atom. The van der Waals surface area contributed by atoms with Crippen molar-refractivity contribution in [1.82, 2.24) is 0 Å². The van der Waals surface area contributed by atoms with E-state index in [0.717, 1.165) is 49.0 Å². The molecule has 0 aromatic heterocycles. The molecule has 0 aliphatic carbocycles. The van der Waals surface area contributed by atoms with Crippen LogP contribution < -0.4 is 0 Å². The van der Waals surface area contributed by atoms with Crippen molar-refractivity contribution in [2.45, 2.75) is 39.1 Å². The van der Waals surface area contributed by atoms with Crippen LogP contribution in [0.4, 0.5) is 0 Å². The highest BCUT2D eigenvalue weighted by Gasteiger charge is 2.16. The number of aliphatic hydroxyl groups is 3. The Morgan fingerprint density at radius 1 is 0.266 bits per heavy atom. The van der Waals surface area contributed by atoms with E-state index >= 15 is 0 Å². The summed E-state index contributed by atoms with van der Waals surface area (Å²) in [7, 11) is 0. The van der Waals surface area contributed by atoms with Crippen molar-refractivity contribution in [2.24, 2.45) is 0 Å². The molecule has 3 atom stereocenters. The maximum absolute atomic E-state index is 9.39. The molecule has 6 nitrogen and oxygen atoms in total. The molecule has 3 unspecified atom stereocenters. The highest BCUT2D eigenvalue weighted by atomic mass is 16.3. The van der Waals surface area contributed by atoms with Crippen LogP contribution in [0.15, 0.2) is 182 Å². The van der Waals surface area contributed by atoms with Gasteiger partial charge in [-0.15, -0.1) is 0 Å². The Labute approximate surface area is 370 Å². The number of aliphatic hydroxyl groups excluding tert-OH is 3. The smallest absolute Gasteiger partial charge is 0.116 e. The second-order valence-corrected chi connectivity index (χ2v) is 16.6. The zero-order valence-corrected chi connectivity index (χ0v) is 35.7. The Morgan fingerprint density at radius 2 is 0.516 bits per heavy atom. The molecule has 0 aliphatic rings. The third kappa shape index (κ3) is 8.26. The van der Waals surface area contributed by atoms with Gasteiger partial charge in [-0.05, 0) is 178 Å². The van der Waals surface area contributed by atoms with Gasteiger partial charge in [0.2, 0.25) is 0 Å². The summed E-state index contributed by atoms with van der Waals surface area (Å²) in [5.41, 5.74) is 2.68. The quantitative estimate of drug-likeness (QED) is 0.0778.